The molecule has 2 heterocycles. The molecule has 0 aliphatic carbocycles. The van der Waals surface area contributed by atoms with Crippen LogP contribution >= 0.6 is 0 Å². The van der Waals surface area contributed by atoms with Gasteiger partial charge in [0.2, 0.25) is 0 Å². The molecule has 1 radical (unpaired) electrons. The van der Waals surface area contributed by atoms with Gasteiger partial charge in [-0.05, 0) is 66.8 Å². The van der Waals surface area contributed by atoms with Crippen molar-refractivity contribution in [1.82, 2.24) is 9.97 Å². The van der Waals surface area contributed by atoms with Crippen LogP contribution in [-0.2, 0) is 36.7 Å². The van der Waals surface area contributed by atoms with Crippen molar-refractivity contribution in [3.05, 3.63) is 95.7 Å². The Morgan fingerprint density at radius 1 is 0.907 bits per heavy atom. The summed E-state index contributed by atoms with van der Waals surface area (Å²) in [5.41, 5.74) is 4.75. The Hall–Kier alpha value is -3.81. The molecule has 0 atom stereocenters. The molecular weight excluding hydrogens is 866 g/mol. The van der Waals surface area contributed by atoms with Gasteiger partial charge in [-0.15, -0.1) is 29.1 Å². The monoisotopic (exact) mass is 920 g/mol. The molecule has 54 heavy (non-hydrogen) atoms. The second-order valence-corrected chi connectivity index (χ2v) is 15.6. The van der Waals surface area contributed by atoms with E-state index in [1.54, 1.807) is 6.07 Å². The minimum atomic E-state index is -4.35. The van der Waals surface area contributed by atoms with E-state index in [0.29, 0.717) is 11.1 Å². The fraction of sp³-hybridized carbons (Fsp3) is 0.444. The SMILES string of the molecule is CCC(CC)C(=O)/C=C(\O)C(CC)CC.Cc1cnc(-c2[c-]c3ccccc3c(C(C)(C)C)c2)cc1-c1ccc2nc(CC(C)(C)C(F)(F)F)oc2c1.[Ir]. The minimum absolute atomic E-state index is 0. The van der Waals surface area contributed by atoms with Gasteiger partial charge < -0.3 is 9.52 Å². The maximum Gasteiger partial charge on any atom is 0.394 e. The van der Waals surface area contributed by atoms with Gasteiger partial charge >= 0.3 is 6.18 Å². The van der Waals surface area contributed by atoms with Crippen molar-refractivity contribution in [2.45, 2.75) is 113 Å². The van der Waals surface area contributed by atoms with E-state index in [-0.39, 0.29) is 61.2 Å². The normalized spacial score (nSPS) is 12.6. The smallest absolute Gasteiger partial charge is 0.394 e. The molecule has 0 unspecified atom stereocenters. The van der Waals surface area contributed by atoms with Gasteiger partial charge in [-0.3, -0.25) is 9.78 Å². The summed E-state index contributed by atoms with van der Waals surface area (Å²) in [5.74, 6) is 0.623. The number of nitrogens with zero attached hydrogens (tertiary/aromatic N) is 2. The van der Waals surface area contributed by atoms with Gasteiger partial charge in [-0.1, -0.05) is 104 Å². The molecule has 2 aromatic heterocycles. The van der Waals surface area contributed by atoms with Crippen molar-refractivity contribution in [2.75, 3.05) is 0 Å². The predicted octanol–water partition coefficient (Wildman–Crippen LogP) is 13.1. The van der Waals surface area contributed by atoms with Crippen molar-refractivity contribution in [1.29, 1.82) is 0 Å². The Bertz CT molecular complexity index is 2070. The first-order valence-electron chi connectivity index (χ1n) is 18.7. The molecule has 5 aromatic rings. The van der Waals surface area contributed by atoms with Crippen LogP contribution in [0, 0.1) is 30.2 Å². The fourth-order valence-corrected chi connectivity index (χ4v) is 6.44. The number of ketones is 1. The van der Waals surface area contributed by atoms with Gasteiger partial charge in [-0.25, -0.2) is 4.98 Å². The second-order valence-electron chi connectivity index (χ2n) is 15.6. The standard InChI is InChI=1S/C32H30F3N2O.C13H24O2.Ir/c1-19-18-36-27(22-13-20-9-7-8-10-23(20)25(14-22)30(2,3)4)16-24(19)21-11-12-26-28(15-21)38-29(37-26)17-31(5,6)32(33,34)35;1-5-10(6-2)12(14)9-13(15)11(7-3)8-4;/h7-12,14-16,18H,17H2,1-6H3;9-11,14H,5-8H2,1-4H3;/q-1;;/b;12-9-;. The van der Waals surface area contributed by atoms with E-state index in [4.69, 9.17) is 9.40 Å². The first-order chi connectivity index (χ1) is 24.8. The van der Waals surface area contributed by atoms with Crippen molar-refractivity contribution in [3.63, 3.8) is 0 Å². The Morgan fingerprint density at radius 3 is 2.13 bits per heavy atom. The van der Waals surface area contributed by atoms with Gasteiger partial charge in [0.1, 0.15) is 5.52 Å². The summed E-state index contributed by atoms with van der Waals surface area (Å²) < 4.78 is 45.9. The number of hydrogen-bond acceptors (Lipinski definition) is 5. The number of carbonyl (C=O) groups is 1. The Morgan fingerprint density at radius 2 is 1.54 bits per heavy atom. The number of halogens is 3. The van der Waals surface area contributed by atoms with E-state index in [0.717, 1.165) is 72.9 Å². The Balaban J connectivity index is 0.000000418. The largest absolute Gasteiger partial charge is 0.512 e. The molecule has 0 saturated heterocycles. The third kappa shape index (κ3) is 10.5. The molecule has 0 amide bonds. The summed E-state index contributed by atoms with van der Waals surface area (Å²) in [6, 6.07) is 21.5. The molecule has 1 N–H and O–H groups in total. The van der Waals surface area contributed by atoms with Crippen LogP contribution in [-0.4, -0.2) is 27.0 Å². The fourth-order valence-electron chi connectivity index (χ4n) is 6.44. The van der Waals surface area contributed by atoms with E-state index in [9.17, 15) is 23.1 Å². The molecule has 3 aromatic carbocycles. The first kappa shape index (κ1) is 44.6. The number of benzene rings is 3. The van der Waals surface area contributed by atoms with Gasteiger partial charge in [-0.2, -0.15) is 13.2 Å². The summed E-state index contributed by atoms with van der Waals surface area (Å²) in [7, 11) is 0. The van der Waals surface area contributed by atoms with Gasteiger partial charge in [0, 0.05) is 56.3 Å². The number of allylic oxidation sites excluding steroid dienone is 2. The molecule has 0 aliphatic heterocycles. The molecule has 0 aliphatic rings. The predicted molar refractivity (Wildman–Crippen MR) is 210 cm³/mol. The molecule has 0 fully saturated rings. The number of aromatic nitrogens is 2. The van der Waals surface area contributed by atoms with Crippen LogP contribution in [0.5, 0.6) is 0 Å². The maximum absolute atomic E-state index is 13.4. The van der Waals surface area contributed by atoms with Crippen LogP contribution in [0.2, 0.25) is 0 Å². The zero-order valence-electron chi connectivity index (χ0n) is 33.2. The molecule has 0 bridgehead atoms. The van der Waals surface area contributed by atoms with E-state index in [1.807, 2.05) is 71.1 Å². The van der Waals surface area contributed by atoms with Gasteiger partial charge in [0.05, 0.1) is 11.2 Å². The molecule has 293 valence electrons. The number of hydrogen-bond donors (Lipinski definition) is 1. The third-order valence-corrected chi connectivity index (χ3v) is 10.1. The molecule has 0 spiro atoms. The Kier molecular flexibility index (Phi) is 15.0. The van der Waals surface area contributed by atoms with Crippen LogP contribution in [0.25, 0.3) is 44.3 Å². The summed E-state index contributed by atoms with van der Waals surface area (Å²) in [4.78, 5) is 20.7. The topological polar surface area (TPSA) is 76.2 Å². The number of aliphatic hydroxyl groups is 1. The van der Waals surface area contributed by atoms with Crippen LogP contribution in [0.15, 0.2) is 77.0 Å². The first-order valence-corrected chi connectivity index (χ1v) is 18.7. The minimum Gasteiger partial charge on any atom is -0.512 e. The van der Waals surface area contributed by atoms with E-state index < -0.39 is 11.6 Å². The number of aliphatic hydroxyl groups excluding tert-OH is 1. The van der Waals surface area contributed by atoms with Gasteiger partial charge in [0.15, 0.2) is 17.3 Å². The summed E-state index contributed by atoms with van der Waals surface area (Å²) in [6.45, 7) is 19.0. The number of aryl methyl sites for hydroxylation is 1. The average Bonchev–Trinajstić information content (AvgIpc) is 3.49. The Labute approximate surface area is 332 Å². The number of alkyl halides is 3. The van der Waals surface area contributed by atoms with Crippen LogP contribution in [0.3, 0.4) is 0 Å². The zero-order valence-corrected chi connectivity index (χ0v) is 35.6. The third-order valence-electron chi connectivity index (χ3n) is 10.1. The number of carbonyl (C=O) groups excluding carboxylic acids is 1. The summed E-state index contributed by atoms with van der Waals surface area (Å²) in [5, 5.41) is 12.0. The van der Waals surface area contributed by atoms with E-state index in [1.165, 1.54) is 17.0 Å². The zero-order chi connectivity index (χ0) is 39.3. The van der Waals surface area contributed by atoms with Crippen LogP contribution < -0.4 is 0 Å². The van der Waals surface area contributed by atoms with Crippen molar-refractivity contribution < 1.29 is 47.6 Å². The second kappa shape index (κ2) is 18.2. The number of rotatable bonds is 11. The number of pyridine rings is 1. The molecular formula is C45H54F3IrN2O3-. The summed E-state index contributed by atoms with van der Waals surface area (Å²) in [6.07, 6.45) is 2.07. The molecule has 9 heteroatoms. The number of oxazole rings is 1. The summed E-state index contributed by atoms with van der Waals surface area (Å²) >= 11 is 0. The maximum atomic E-state index is 13.4. The van der Waals surface area contributed by atoms with E-state index in [2.05, 4.69) is 50.0 Å². The average molecular weight is 920 g/mol. The van der Waals surface area contributed by atoms with Gasteiger partial charge in [0.25, 0.3) is 0 Å². The quantitative estimate of drug-likeness (QED) is 0.0811. The molecule has 5 nitrogen and oxygen atoms in total. The van der Waals surface area contributed by atoms with Crippen molar-refractivity contribution in [2.24, 2.45) is 17.3 Å². The molecule has 0 saturated carbocycles. The van der Waals surface area contributed by atoms with Crippen LogP contribution in [0.4, 0.5) is 13.2 Å². The van der Waals surface area contributed by atoms with Crippen molar-refractivity contribution >= 4 is 27.7 Å². The van der Waals surface area contributed by atoms with Crippen LogP contribution in [0.1, 0.15) is 105 Å². The van der Waals surface area contributed by atoms with E-state index >= 15 is 0 Å². The molecule has 5 rings (SSSR count). The number of fused-ring (bicyclic) bond motifs is 2. The van der Waals surface area contributed by atoms with Crippen molar-refractivity contribution in [3.8, 4) is 22.4 Å².